The molecule has 30 heavy (non-hydrogen) atoms. The van der Waals surface area contributed by atoms with Crippen molar-refractivity contribution in [3.63, 3.8) is 0 Å². The molecule has 1 aromatic carbocycles. The highest BCUT2D eigenvalue weighted by Crippen LogP contribution is 2.43. The fourth-order valence-corrected chi connectivity index (χ4v) is 4.40. The largest absolute Gasteiger partial charge is 0.377 e. The summed E-state index contributed by atoms with van der Waals surface area (Å²) in [5.74, 6) is 0.928. The zero-order chi connectivity index (χ0) is 21.3. The zero-order valence-electron chi connectivity index (χ0n) is 17.6. The Hall–Kier alpha value is -3.17. The number of nitrogens with zero attached hydrogens (tertiary/aromatic N) is 3. The third-order valence-corrected chi connectivity index (χ3v) is 6.19. The van der Waals surface area contributed by atoms with E-state index in [0.29, 0.717) is 12.2 Å². The summed E-state index contributed by atoms with van der Waals surface area (Å²) in [6.07, 6.45) is 4.59. The van der Waals surface area contributed by atoms with Crippen LogP contribution in [0.4, 0.5) is 11.5 Å². The Morgan fingerprint density at radius 2 is 2.13 bits per heavy atom. The van der Waals surface area contributed by atoms with E-state index < -0.39 is 0 Å². The third-order valence-electron chi connectivity index (χ3n) is 6.19. The number of hydrogen-bond acceptors (Lipinski definition) is 5. The summed E-state index contributed by atoms with van der Waals surface area (Å²) in [6.45, 7) is 7.23. The molecule has 1 aromatic heterocycles. The van der Waals surface area contributed by atoms with Gasteiger partial charge < -0.3 is 15.0 Å². The lowest BCUT2D eigenvalue weighted by Gasteiger charge is -2.44. The van der Waals surface area contributed by atoms with Crippen LogP contribution in [0.15, 0.2) is 42.6 Å². The maximum atomic E-state index is 12.5. The Morgan fingerprint density at radius 1 is 1.30 bits per heavy atom. The van der Waals surface area contributed by atoms with Crippen molar-refractivity contribution in [3.8, 4) is 6.07 Å². The third kappa shape index (κ3) is 3.69. The second-order valence-electron chi connectivity index (χ2n) is 7.98. The highest BCUT2D eigenvalue weighted by Gasteiger charge is 2.38. The molecule has 4 rings (SSSR count). The van der Waals surface area contributed by atoms with Crippen LogP contribution in [0.5, 0.6) is 0 Å². The standard InChI is InChI=1S/C24H26N4O2/c1-15-16(2)28(17(3)29)22-6-5-20(19-8-10-30-11-9-19)12-21(22)24(15)27-23-7-4-18(13-25)14-26-23/h4-8,12,14-16,24H,9-11H2,1-3H3,(H,26,27)/t15-,16-,24?/m0/s1. The minimum atomic E-state index is -0.00794. The highest BCUT2D eigenvalue weighted by atomic mass is 16.5. The lowest BCUT2D eigenvalue weighted by molar-refractivity contribution is -0.117. The van der Waals surface area contributed by atoms with Gasteiger partial charge >= 0.3 is 0 Å². The molecule has 154 valence electrons. The van der Waals surface area contributed by atoms with Crippen LogP contribution in [0.2, 0.25) is 0 Å². The first-order valence-electron chi connectivity index (χ1n) is 10.3. The average molecular weight is 402 g/mol. The molecule has 3 atom stereocenters. The summed E-state index contributed by atoms with van der Waals surface area (Å²) in [6, 6.07) is 12.1. The monoisotopic (exact) mass is 402 g/mol. The van der Waals surface area contributed by atoms with E-state index in [1.807, 2.05) is 11.0 Å². The van der Waals surface area contributed by atoms with Crippen LogP contribution < -0.4 is 10.2 Å². The summed E-state index contributed by atoms with van der Waals surface area (Å²) >= 11 is 0. The number of benzene rings is 1. The number of nitrogens with one attached hydrogen (secondary N) is 1. The van der Waals surface area contributed by atoms with Gasteiger partial charge in [-0.05, 0) is 54.3 Å². The van der Waals surface area contributed by atoms with Crippen molar-refractivity contribution in [1.29, 1.82) is 5.26 Å². The number of ether oxygens (including phenoxy) is 1. The number of anilines is 2. The summed E-state index contributed by atoms with van der Waals surface area (Å²) in [5.41, 5.74) is 5.01. The SMILES string of the molecule is CC(=O)N1c2ccc(C3=CCOCC3)cc2C(Nc2ccc(C#N)cn2)[C@@H](C)[C@@H]1C. The van der Waals surface area contributed by atoms with E-state index in [1.165, 1.54) is 11.1 Å². The molecule has 0 saturated heterocycles. The van der Waals surface area contributed by atoms with E-state index in [1.54, 1.807) is 19.2 Å². The van der Waals surface area contributed by atoms with Crippen LogP contribution in [0.3, 0.4) is 0 Å². The molecule has 0 aliphatic carbocycles. The number of rotatable bonds is 3. The quantitative estimate of drug-likeness (QED) is 0.828. The Balaban J connectivity index is 1.77. The molecule has 1 N–H and O–H groups in total. The number of carbonyl (C=O) groups is 1. The van der Waals surface area contributed by atoms with E-state index >= 15 is 0 Å². The van der Waals surface area contributed by atoms with Gasteiger partial charge in [0.1, 0.15) is 11.9 Å². The van der Waals surface area contributed by atoms with Gasteiger partial charge in [0.05, 0.1) is 24.8 Å². The van der Waals surface area contributed by atoms with E-state index in [0.717, 1.165) is 30.1 Å². The Labute approximate surface area is 177 Å². The summed E-state index contributed by atoms with van der Waals surface area (Å²) in [4.78, 5) is 18.8. The topological polar surface area (TPSA) is 78.2 Å². The Morgan fingerprint density at radius 3 is 2.77 bits per heavy atom. The lowest BCUT2D eigenvalue weighted by atomic mass is 9.81. The molecule has 6 nitrogen and oxygen atoms in total. The molecule has 6 heteroatoms. The lowest BCUT2D eigenvalue weighted by Crippen LogP contribution is -2.48. The van der Waals surface area contributed by atoms with Crippen LogP contribution in [0, 0.1) is 17.2 Å². The van der Waals surface area contributed by atoms with Gasteiger partial charge in [-0.3, -0.25) is 4.79 Å². The first kappa shape index (κ1) is 20.1. The van der Waals surface area contributed by atoms with Crippen molar-refractivity contribution >= 4 is 23.0 Å². The van der Waals surface area contributed by atoms with E-state index in [4.69, 9.17) is 10.00 Å². The van der Waals surface area contributed by atoms with Crippen molar-refractivity contribution in [1.82, 2.24) is 4.98 Å². The van der Waals surface area contributed by atoms with Gasteiger partial charge in [0.2, 0.25) is 5.91 Å². The van der Waals surface area contributed by atoms with Crippen LogP contribution in [-0.2, 0) is 9.53 Å². The normalized spacial score (nSPS) is 23.2. The van der Waals surface area contributed by atoms with Crippen molar-refractivity contribution in [2.24, 2.45) is 5.92 Å². The Bertz CT molecular complexity index is 1020. The van der Waals surface area contributed by atoms with E-state index in [-0.39, 0.29) is 23.9 Å². The van der Waals surface area contributed by atoms with Gasteiger partial charge in [0.25, 0.3) is 0 Å². The first-order chi connectivity index (χ1) is 14.5. The molecule has 0 radical (unpaired) electrons. The molecule has 2 aliphatic heterocycles. The van der Waals surface area contributed by atoms with Crippen molar-refractivity contribution < 1.29 is 9.53 Å². The first-order valence-corrected chi connectivity index (χ1v) is 10.3. The predicted molar refractivity (Wildman–Crippen MR) is 117 cm³/mol. The smallest absolute Gasteiger partial charge is 0.224 e. The number of fused-ring (bicyclic) bond motifs is 1. The second-order valence-corrected chi connectivity index (χ2v) is 7.98. The fourth-order valence-electron chi connectivity index (χ4n) is 4.40. The molecule has 1 amide bonds. The van der Waals surface area contributed by atoms with Gasteiger partial charge in [-0.1, -0.05) is 19.1 Å². The molecule has 2 aromatic rings. The molecule has 1 unspecified atom stereocenters. The number of amides is 1. The molecule has 0 fully saturated rings. The minimum absolute atomic E-state index is 0.00794. The fraction of sp³-hybridized carbons (Fsp3) is 0.375. The number of nitriles is 1. The minimum Gasteiger partial charge on any atom is -0.377 e. The van der Waals surface area contributed by atoms with E-state index in [2.05, 4.69) is 54.5 Å². The molecule has 0 bridgehead atoms. The van der Waals surface area contributed by atoms with Crippen molar-refractivity contribution in [2.75, 3.05) is 23.4 Å². The number of hydrogen-bond donors (Lipinski definition) is 1. The maximum Gasteiger partial charge on any atom is 0.224 e. The van der Waals surface area contributed by atoms with Gasteiger partial charge in [-0.2, -0.15) is 5.26 Å². The number of carbonyl (C=O) groups excluding carboxylic acids is 1. The van der Waals surface area contributed by atoms with Gasteiger partial charge in [-0.25, -0.2) is 4.98 Å². The summed E-state index contributed by atoms with van der Waals surface area (Å²) in [5, 5.41) is 12.6. The summed E-state index contributed by atoms with van der Waals surface area (Å²) in [7, 11) is 0. The van der Waals surface area contributed by atoms with Crippen molar-refractivity contribution in [3.05, 3.63) is 59.3 Å². The number of aromatic nitrogens is 1. The average Bonchev–Trinajstić information content (AvgIpc) is 2.77. The second kappa shape index (κ2) is 8.29. The molecule has 2 aliphatic rings. The number of pyridine rings is 1. The van der Waals surface area contributed by atoms with E-state index in [9.17, 15) is 4.79 Å². The van der Waals surface area contributed by atoms with Gasteiger partial charge in [0.15, 0.2) is 0 Å². The highest BCUT2D eigenvalue weighted by molar-refractivity contribution is 5.94. The zero-order valence-corrected chi connectivity index (χ0v) is 17.6. The maximum absolute atomic E-state index is 12.5. The van der Waals surface area contributed by atoms with Crippen LogP contribution in [0.25, 0.3) is 5.57 Å². The predicted octanol–water partition coefficient (Wildman–Crippen LogP) is 4.30. The molecule has 3 heterocycles. The molecular formula is C24H26N4O2. The van der Waals surface area contributed by atoms with Gasteiger partial charge in [0, 0.05) is 30.8 Å². The molecule has 0 saturated carbocycles. The molecule has 0 spiro atoms. The van der Waals surface area contributed by atoms with Crippen molar-refractivity contribution in [2.45, 2.75) is 39.3 Å². The van der Waals surface area contributed by atoms with Crippen LogP contribution in [0.1, 0.15) is 49.9 Å². The van der Waals surface area contributed by atoms with Crippen LogP contribution in [-0.4, -0.2) is 30.1 Å². The Kier molecular flexibility index (Phi) is 5.56. The summed E-state index contributed by atoms with van der Waals surface area (Å²) < 4.78 is 5.46. The van der Waals surface area contributed by atoms with Gasteiger partial charge in [-0.15, -0.1) is 0 Å². The molecular weight excluding hydrogens is 376 g/mol. The van der Waals surface area contributed by atoms with Crippen LogP contribution >= 0.6 is 0 Å².